The summed E-state index contributed by atoms with van der Waals surface area (Å²) in [5.74, 6) is -0.407. The summed E-state index contributed by atoms with van der Waals surface area (Å²) in [4.78, 5) is 26.3. The summed E-state index contributed by atoms with van der Waals surface area (Å²) in [6.45, 7) is 5.45. The summed E-state index contributed by atoms with van der Waals surface area (Å²) < 4.78 is 9.91. The number of amides is 1. The third-order valence-electron chi connectivity index (χ3n) is 3.08. The van der Waals surface area contributed by atoms with Gasteiger partial charge in [0.1, 0.15) is 11.3 Å². The molecule has 0 aliphatic heterocycles. The van der Waals surface area contributed by atoms with Gasteiger partial charge in [0.15, 0.2) is 0 Å². The highest BCUT2D eigenvalue weighted by atomic mass is 16.6. The van der Waals surface area contributed by atoms with Crippen molar-refractivity contribution in [2.45, 2.75) is 45.3 Å². The summed E-state index contributed by atoms with van der Waals surface area (Å²) in [6, 6.07) is 1.62. The molecule has 2 N–H and O–H groups in total. The van der Waals surface area contributed by atoms with Crippen LogP contribution in [0, 0.1) is 0 Å². The summed E-state index contributed by atoms with van der Waals surface area (Å²) in [5, 5.41) is 2.82. The Morgan fingerprint density at radius 3 is 2.70 bits per heavy atom. The van der Waals surface area contributed by atoms with Crippen LogP contribution in [-0.4, -0.2) is 29.8 Å². The Balaban J connectivity index is 2.06. The van der Waals surface area contributed by atoms with Crippen LogP contribution in [0.1, 0.15) is 55.0 Å². The van der Waals surface area contributed by atoms with E-state index in [1.54, 1.807) is 6.07 Å². The highest BCUT2D eigenvalue weighted by Gasteiger charge is 2.29. The number of carbonyl (C=O) groups is 2. The third kappa shape index (κ3) is 3.12. The summed E-state index contributed by atoms with van der Waals surface area (Å²) >= 11 is 0. The first kappa shape index (κ1) is 14.4. The van der Waals surface area contributed by atoms with E-state index >= 15 is 0 Å². The first-order chi connectivity index (χ1) is 9.30. The number of hydrogen-bond acceptors (Lipinski definition) is 4. The van der Waals surface area contributed by atoms with Gasteiger partial charge in [-0.05, 0) is 45.2 Å². The Kier molecular flexibility index (Phi) is 3.74. The number of methoxy groups -OCH3 is 1. The van der Waals surface area contributed by atoms with Crippen LogP contribution in [0.25, 0.3) is 0 Å². The van der Waals surface area contributed by atoms with E-state index in [4.69, 9.17) is 4.74 Å². The lowest BCUT2D eigenvalue weighted by molar-refractivity contribution is 0.0502. The van der Waals surface area contributed by atoms with Crippen LogP contribution in [0.3, 0.4) is 0 Å². The van der Waals surface area contributed by atoms with E-state index < -0.39 is 17.7 Å². The standard InChI is InChI=1S/C14H20N2O4/c1-14(2,3)20-13(18)16-9-6-5-8-7-10(12(17)19-4)15-11(8)9/h7,9,15H,5-6H2,1-4H3,(H,16,18). The molecule has 2 rings (SSSR count). The number of aryl methyl sites for hydroxylation is 1. The summed E-state index contributed by atoms with van der Waals surface area (Å²) in [5.41, 5.74) is 1.77. The highest BCUT2D eigenvalue weighted by Crippen LogP contribution is 2.31. The molecule has 0 radical (unpaired) electrons. The monoisotopic (exact) mass is 280 g/mol. The maximum Gasteiger partial charge on any atom is 0.408 e. The minimum Gasteiger partial charge on any atom is -0.464 e. The molecule has 6 heteroatoms. The molecule has 6 nitrogen and oxygen atoms in total. The first-order valence-corrected chi connectivity index (χ1v) is 6.60. The quantitative estimate of drug-likeness (QED) is 0.815. The summed E-state index contributed by atoms with van der Waals surface area (Å²) in [7, 11) is 1.34. The van der Waals surface area contributed by atoms with Crippen molar-refractivity contribution in [2.75, 3.05) is 7.11 Å². The van der Waals surface area contributed by atoms with Crippen LogP contribution in [0.4, 0.5) is 4.79 Å². The van der Waals surface area contributed by atoms with Crippen LogP contribution >= 0.6 is 0 Å². The maximum atomic E-state index is 11.8. The van der Waals surface area contributed by atoms with Gasteiger partial charge < -0.3 is 19.8 Å². The number of rotatable bonds is 2. The second-order valence-electron chi connectivity index (χ2n) is 5.85. The Labute approximate surface area is 117 Å². The fraction of sp³-hybridized carbons (Fsp3) is 0.571. The van der Waals surface area contributed by atoms with Gasteiger partial charge in [0.2, 0.25) is 0 Å². The van der Waals surface area contributed by atoms with Gasteiger partial charge in [-0.25, -0.2) is 9.59 Å². The van der Waals surface area contributed by atoms with Gasteiger partial charge in [0, 0.05) is 5.69 Å². The molecule has 110 valence electrons. The van der Waals surface area contributed by atoms with Crippen molar-refractivity contribution < 1.29 is 19.1 Å². The van der Waals surface area contributed by atoms with E-state index in [0.29, 0.717) is 5.69 Å². The fourth-order valence-corrected chi connectivity index (χ4v) is 2.29. The zero-order chi connectivity index (χ0) is 14.9. The number of esters is 1. The van der Waals surface area contributed by atoms with Gasteiger partial charge in [0.05, 0.1) is 13.2 Å². The Hall–Kier alpha value is -1.98. The van der Waals surface area contributed by atoms with Crippen LogP contribution < -0.4 is 5.32 Å². The lowest BCUT2D eigenvalue weighted by Crippen LogP contribution is -2.34. The molecule has 1 aliphatic rings. The number of aromatic nitrogens is 1. The topological polar surface area (TPSA) is 80.4 Å². The molecule has 20 heavy (non-hydrogen) atoms. The molecule has 0 bridgehead atoms. The van der Waals surface area contributed by atoms with Crippen molar-refractivity contribution in [3.05, 3.63) is 23.0 Å². The average Bonchev–Trinajstić information content (AvgIpc) is 2.88. The van der Waals surface area contributed by atoms with Gasteiger partial charge in [-0.1, -0.05) is 0 Å². The molecule has 1 amide bonds. The van der Waals surface area contributed by atoms with Gasteiger partial charge in [0.25, 0.3) is 0 Å². The molecule has 1 heterocycles. The highest BCUT2D eigenvalue weighted by molar-refractivity contribution is 5.88. The first-order valence-electron chi connectivity index (χ1n) is 6.60. The van der Waals surface area contributed by atoms with E-state index in [2.05, 4.69) is 15.0 Å². The smallest absolute Gasteiger partial charge is 0.408 e. The Bertz CT molecular complexity index is 528. The SMILES string of the molecule is COC(=O)c1cc2c([nH]1)C(NC(=O)OC(C)(C)C)CC2. The van der Waals surface area contributed by atoms with E-state index in [0.717, 1.165) is 24.1 Å². The second-order valence-corrected chi connectivity index (χ2v) is 5.85. The van der Waals surface area contributed by atoms with Crippen molar-refractivity contribution in [3.63, 3.8) is 0 Å². The van der Waals surface area contributed by atoms with Crippen molar-refractivity contribution in [2.24, 2.45) is 0 Å². The maximum absolute atomic E-state index is 11.8. The minimum atomic E-state index is -0.529. The van der Waals surface area contributed by atoms with Crippen LogP contribution in [0.2, 0.25) is 0 Å². The molecule has 1 aromatic heterocycles. The molecule has 1 unspecified atom stereocenters. The van der Waals surface area contributed by atoms with E-state index in [1.165, 1.54) is 7.11 Å². The number of hydrogen-bond donors (Lipinski definition) is 2. The number of H-pyrrole nitrogens is 1. The van der Waals surface area contributed by atoms with Crippen molar-refractivity contribution in [1.29, 1.82) is 0 Å². The van der Waals surface area contributed by atoms with Crippen LogP contribution in [0.5, 0.6) is 0 Å². The molecular formula is C14H20N2O4. The number of alkyl carbamates (subject to hydrolysis) is 1. The van der Waals surface area contributed by atoms with Gasteiger partial charge in [-0.15, -0.1) is 0 Å². The normalized spacial score (nSPS) is 17.5. The molecule has 0 saturated carbocycles. The van der Waals surface area contributed by atoms with Gasteiger partial charge in [-0.2, -0.15) is 0 Å². The van der Waals surface area contributed by atoms with Crippen LogP contribution in [-0.2, 0) is 15.9 Å². The zero-order valence-electron chi connectivity index (χ0n) is 12.2. The number of fused-ring (bicyclic) bond motifs is 1. The minimum absolute atomic E-state index is 0.154. The molecule has 1 aromatic rings. The zero-order valence-corrected chi connectivity index (χ0v) is 12.2. The predicted octanol–water partition coefficient (Wildman–Crippen LogP) is 2.31. The largest absolute Gasteiger partial charge is 0.464 e. The number of carbonyl (C=O) groups excluding carboxylic acids is 2. The number of nitrogens with one attached hydrogen (secondary N) is 2. The molecule has 0 spiro atoms. The Morgan fingerprint density at radius 1 is 1.40 bits per heavy atom. The molecule has 0 fully saturated rings. The van der Waals surface area contributed by atoms with E-state index in [9.17, 15) is 9.59 Å². The number of ether oxygens (including phenoxy) is 2. The molecule has 1 atom stereocenters. The second kappa shape index (κ2) is 5.19. The van der Waals surface area contributed by atoms with Crippen molar-refractivity contribution in [3.8, 4) is 0 Å². The van der Waals surface area contributed by atoms with Gasteiger partial charge >= 0.3 is 12.1 Å². The third-order valence-corrected chi connectivity index (χ3v) is 3.08. The van der Waals surface area contributed by atoms with Crippen molar-refractivity contribution in [1.82, 2.24) is 10.3 Å². The summed E-state index contributed by atoms with van der Waals surface area (Å²) in [6.07, 6.45) is 1.15. The lowest BCUT2D eigenvalue weighted by Gasteiger charge is -2.21. The Morgan fingerprint density at radius 2 is 2.10 bits per heavy atom. The van der Waals surface area contributed by atoms with Crippen LogP contribution in [0.15, 0.2) is 6.07 Å². The number of aromatic amines is 1. The predicted molar refractivity (Wildman–Crippen MR) is 72.6 cm³/mol. The molecule has 0 aromatic carbocycles. The molecule has 1 aliphatic carbocycles. The lowest BCUT2D eigenvalue weighted by atomic mass is 10.2. The van der Waals surface area contributed by atoms with E-state index in [-0.39, 0.29) is 6.04 Å². The fourth-order valence-electron chi connectivity index (χ4n) is 2.29. The van der Waals surface area contributed by atoms with Crippen molar-refractivity contribution >= 4 is 12.1 Å². The van der Waals surface area contributed by atoms with Gasteiger partial charge in [-0.3, -0.25) is 0 Å². The van der Waals surface area contributed by atoms with E-state index in [1.807, 2.05) is 20.8 Å². The molecule has 0 saturated heterocycles. The molecular weight excluding hydrogens is 260 g/mol. The average molecular weight is 280 g/mol.